The molecule has 1 fully saturated rings. The minimum Gasteiger partial charge on any atom is -0.454 e. The number of fused-ring (bicyclic) bond motifs is 2. The number of rotatable bonds is 5. The van der Waals surface area contributed by atoms with Crippen molar-refractivity contribution < 1.29 is 14.2 Å². The van der Waals surface area contributed by atoms with Crippen LogP contribution in [0.1, 0.15) is 18.4 Å². The highest BCUT2D eigenvalue weighted by Crippen LogP contribution is 2.35. The first-order valence-corrected chi connectivity index (χ1v) is 11.2. The lowest BCUT2D eigenvalue weighted by molar-refractivity contribution is 0.0904. The third-order valence-electron chi connectivity index (χ3n) is 5.59. The number of thiocarbonyl (C=S) groups is 1. The van der Waals surface area contributed by atoms with Gasteiger partial charge in [0.2, 0.25) is 6.79 Å². The van der Waals surface area contributed by atoms with Gasteiger partial charge in [0.25, 0.3) is 5.56 Å². The number of aromatic amines is 1. The minimum absolute atomic E-state index is 0.0717. The van der Waals surface area contributed by atoms with Gasteiger partial charge in [-0.3, -0.25) is 4.79 Å². The van der Waals surface area contributed by atoms with Crippen LogP contribution in [0.2, 0.25) is 5.02 Å². The summed E-state index contributed by atoms with van der Waals surface area (Å²) >= 11 is 11.8. The number of nitrogens with zero attached hydrogens (tertiary/aromatic N) is 1. The Hall–Kier alpha value is -2.81. The summed E-state index contributed by atoms with van der Waals surface area (Å²) in [6, 6.07) is 12.9. The first-order valence-electron chi connectivity index (χ1n) is 10.4. The molecule has 2 aromatic carbocycles. The Morgan fingerprint density at radius 2 is 2.06 bits per heavy atom. The van der Waals surface area contributed by atoms with Gasteiger partial charge in [0, 0.05) is 40.9 Å². The number of hydrogen-bond acceptors (Lipinski definition) is 5. The topological polar surface area (TPSA) is 75.8 Å². The molecule has 2 N–H and O–H groups in total. The van der Waals surface area contributed by atoms with Gasteiger partial charge in [-0.1, -0.05) is 17.7 Å². The number of hydrogen-bond donors (Lipinski definition) is 2. The molecule has 0 unspecified atom stereocenters. The van der Waals surface area contributed by atoms with E-state index in [0.29, 0.717) is 45.8 Å². The molecule has 0 aliphatic carbocycles. The Morgan fingerprint density at radius 1 is 1.22 bits per heavy atom. The second-order valence-electron chi connectivity index (χ2n) is 7.87. The number of halogens is 1. The van der Waals surface area contributed by atoms with Crippen molar-refractivity contribution in [3.05, 3.63) is 63.4 Å². The first kappa shape index (κ1) is 21.1. The molecule has 2 aliphatic rings. The molecule has 0 spiro atoms. The highest BCUT2D eigenvalue weighted by molar-refractivity contribution is 7.80. The second-order valence-corrected chi connectivity index (χ2v) is 8.70. The zero-order chi connectivity index (χ0) is 22.1. The van der Waals surface area contributed by atoms with Crippen molar-refractivity contribution in [2.24, 2.45) is 0 Å². The van der Waals surface area contributed by atoms with E-state index in [9.17, 15) is 4.79 Å². The van der Waals surface area contributed by atoms with Crippen LogP contribution in [0, 0.1) is 0 Å². The number of benzene rings is 2. The van der Waals surface area contributed by atoms with Crippen molar-refractivity contribution >= 4 is 45.5 Å². The molecule has 32 heavy (non-hydrogen) atoms. The summed E-state index contributed by atoms with van der Waals surface area (Å²) < 4.78 is 16.7. The van der Waals surface area contributed by atoms with E-state index in [4.69, 9.17) is 38.0 Å². The zero-order valence-electron chi connectivity index (χ0n) is 17.2. The average molecular weight is 472 g/mol. The maximum absolute atomic E-state index is 12.9. The van der Waals surface area contributed by atoms with Gasteiger partial charge in [-0.2, -0.15) is 0 Å². The molecule has 1 saturated heterocycles. The summed E-state index contributed by atoms with van der Waals surface area (Å²) in [5, 5.41) is 5.23. The van der Waals surface area contributed by atoms with E-state index in [0.717, 1.165) is 30.5 Å². The molecular weight excluding hydrogens is 450 g/mol. The van der Waals surface area contributed by atoms with Gasteiger partial charge in [0.15, 0.2) is 16.6 Å². The van der Waals surface area contributed by atoms with Crippen LogP contribution in [0.5, 0.6) is 11.5 Å². The fourth-order valence-electron chi connectivity index (χ4n) is 3.99. The van der Waals surface area contributed by atoms with Crippen molar-refractivity contribution in [2.45, 2.75) is 25.5 Å². The van der Waals surface area contributed by atoms with Crippen molar-refractivity contribution in [3.63, 3.8) is 0 Å². The van der Waals surface area contributed by atoms with Gasteiger partial charge in [0.05, 0.1) is 18.2 Å². The van der Waals surface area contributed by atoms with E-state index in [-0.39, 0.29) is 18.5 Å². The third-order valence-corrected chi connectivity index (χ3v) is 6.18. The SMILES string of the molecule is O=c1[nH]c2cc3c(cc2cc1CN(C[C@H]1CCCO1)C(=S)Nc1cccc(Cl)c1)OCO3. The van der Waals surface area contributed by atoms with Crippen LogP contribution in [0.4, 0.5) is 5.69 Å². The van der Waals surface area contributed by atoms with Gasteiger partial charge >= 0.3 is 0 Å². The molecule has 0 amide bonds. The average Bonchev–Trinajstić information content (AvgIpc) is 3.44. The van der Waals surface area contributed by atoms with Crippen molar-refractivity contribution in [1.82, 2.24) is 9.88 Å². The molecule has 166 valence electrons. The molecule has 7 nitrogen and oxygen atoms in total. The van der Waals surface area contributed by atoms with E-state index in [1.54, 1.807) is 12.1 Å². The summed E-state index contributed by atoms with van der Waals surface area (Å²) in [6.45, 7) is 1.86. The normalized spacial score (nSPS) is 17.0. The number of pyridine rings is 1. The molecular formula is C23H22ClN3O4S. The van der Waals surface area contributed by atoms with Crippen LogP contribution in [-0.2, 0) is 11.3 Å². The zero-order valence-corrected chi connectivity index (χ0v) is 18.8. The smallest absolute Gasteiger partial charge is 0.253 e. The number of nitrogens with one attached hydrogen (secondary N) is 2. The van der Waals surface area contributed by atoms with Crippen LogP contribution in [0.15, 0.2) is 47.3 Å². The fourth-order valence-corrected chi connectivity index (χ4v) is 4.43. The van der Waals surface area contributed by atoms with Gasteiger partial charge in [-0.05, 0) is 55.4 Å². The Balaban J connectivity index is 1.42. The van der Waals surface area contributed by atoms with E-state index in [1.807, 2.05) is 35.2 Å². The quantitative estimate of drug-likeness (QED) is 0.537. The van der Waals surface area contributed by atoms with Crippen LogP contribution in [-0.4, -0.2) is 41.0 Å². The first-order chi connectivity index (χ1) is 15.5. The number of aromatic nitrogens is 1. The van der Waals surface area contributed by atoms with Crippen molar-refractivity contribution in [1.29, 1.82) is 0 Å². The maximum Gasteiger partial charge on any atom is 0.253 e. The van der Waals surface area contributed by atoms with Crippen LogP contribution >= 0.6 is 23.8 Å². The molecule has 5 rings (SSSR count). The Bertz CT molecular complexity index is 1230. The summed E-state index contributed by atoms with van der Waals surface area (Å²) in [4.78, 5) is 17.8. The lowest BCUT2D eigenvalue weighted by atomic mass is 10.1. The maximum atomic E-state index is 12.9. The molecule has 0 bridgehead atoms. The summed E-state index contributed by atoms with van der Waals surface area (Å²) in [7, 11) is 0. The lowest BCUT2D eigenvalue weighted by Crippen LogP contribution is -2.40. The Morgan fingerprint density at radius 3 is 2.84 bits per heavy atom. The third kappa shape index (κ3) is 4.53. The van der Waals surface area contributed by atoms with Gasteiger partial charge in [-0.25, -0.2) is 0 Å². The minimum atomic E-state index is -0.167. The Kier molecular flexibility index (Phi) is 5.91. The van der Waals surface area contributed by atoms with Crippen molar-refractivity contribution in [2.75, 3.05) is 25.3 Å². The predicted octanol–water partition coefficient (Wildman–Crippen LogP) is 4.29. The van der Waals surface area contributed by atoms with Gasteiger partial charge in [0.1, 0.15) is 0 Å². The lowest BCUT2D eigenvalue weighted by Gasteiger charge is -2.28. The summed E-state index contributed by atoms with van der Waals surface area (Å²) in [6.07, 6.45) is 2.06. The van der Waals surface area contributed by atoms with E-state index >= 15 is 0 Å². The molecule has 9 heteroatoms. The summed E-state index contributed by atoms with van der Waals surface area (Å²) in [5.74, 6) is 1.30. The van der Waals surface area contributed by atoms with E-state index in [2.05, 4.69) is 10.3 Å². The predicted molar refractivity (Wildman–Crippen MR) is 128 cm³/mol. The molecule has 2 aliphatic heterocycles. The molecule has 0 saturated carbocycles. The summed E-state index contributed by atoms with van der Waals surface area (Å²) in [5.41, 5.74) is 1.93. The van der Waals surface area contributed by atoms with Crippen LogP contribution in [0.25, 0.3) is 10.9 Å². The molecule has 3 aromatic rings. The highest BCUT2D eigenvalue weighted by atomic mass is 35.5. The Labute approximate surface area is 195 Å². The highest BCUT2D eigenvalue weighted by Gasteiger charge is 2.23. The number of ether oxygens (including phenoxy) is 3. The monoisotopic (exact) mass is 471 g/mol. The van der Waals surface area contributed by atoms with Gasteiger partial charge < -0.3 is 29.4 Å². The number of H-pyrrole nitrogens is 1. The largest absolute Gasteiger partial charge is 0.454 e. The molecule has 0 radical (unpaired) electrons. The van der Waals surface area contributed by atoms with E-state index in [1.165, 1.54) is 0 Å². The van der Waals surface area contributed by atoms with Crippen molar-refractivity contribution in [3.8, 4) is 11.5 Å². The molecule has 3 heterocycles. The van der Waals surface area contributed by atoms with Gasteiger partial charge in [-0.15, -0.1) is 0 Å². The number of anilines is 1. The standard InChI is InChI=1S/C23H22ClN3O4S/c24-16-3-1-4-17(9-16)25-23(32)27(12-18-5-2-6-29-18)11-15-7-14-8-20-21(31-13-30-20)10-19(14)26-22(15)28/h1,3-4,7-10,18H,2,5-6,11-13H2,(H,25,32)(H,26,28)/t18-/m1/s1. The van der Waals surface area contributed by atoms with Crippen LogP contribution < -0.4 is 20.3 Å². The molecule has 1 atom stereocenters. The van der Waals surface area contributed by atoms with E-state index < -0.39 is 0 Å². The molecule has 1 aromatic heterocycles. The second kappa shape index (κ2) is 8.97. The fraction of sp³-hybridized carbons (Fsp3) is 0.304. The van der Waals surface area contributed by atoms with Crippen LogP contribution in [0.3, 0.4) is 0 Å².